The molecule has 1 heterocycles. The van der Waals surface area contributed by atoms with Gasteiger partial charge in [-0.2, -0.15) is 0 Å². The first-order valence-electron chi connectivity index (χ1n) is 8.43. The van der Waals surface area contributed by atoms with Gasteiger partial charge >= 0.3 is 5.97 Å². The van der Waals surface area contributed by atoms with Crippen LogP contribution >= 0.6 is 23.2 Å². The number of ether oxygens (including phenoxy) is 1. The van der Waals surface area contributed by atoms with Crippen molar-refractivity contribution in [1.29, 1.82) is 0 Å². The molecule has 4 nitrogen and oxygen atoms in total. The van der Waals surface area contributed by atoms with E-state index in [2.05, 4.69) is 6.07 Å². The molecule has 1 aliphatic rings. The van der Waals surface area contributed by atoms with Crippen molar-refractivity contribution in [2.45, 2.75) is 32.4 Å². The summed E-state index contributed by atoms with van der Waals surface area (Å²) in [5.74, 6) is -0.678. The van der Waals surface area contributed by atoms with Crippen molar-refractivity contribution in [3.05, 3.63) is 69.2 Å². The molecule has 26 heavy (non-hydrogen) atoms. The van der Waals surface area contributed by atoms with Gasteiger partial charge in [0.2, 0.25) is 0 Å². The van der Waals surface area contributed by atoms with Crippen LogP contribution in [0.4, 0.5) is 0 Å². The summed E-state index contributed by atoms with van der Waals surface area (Å²) < 4.78 is 5.32. The first-order valence-corrected chi connectivity index (χ1v) is 9.18. The lowest BCUT2D eigenvalue weighted by atomic mass is 9.99. The number of benzene rings is 2. The summed E-state index contributed by atoms with van der Waals surface area (Å²) in [6.45, 7) is 2.77. The molecule has 0 aliphatic carbocycles. The molecule has 0 aromatic heterocycles. The Morgan fingerprint density at radius 1 is 1.15 bits per heavy atom. The zero-order chi connectivity index (χ0) is 18.7. The van der Waals surface area contributed by atoms with Gasteiger partial charge in [0.05, 0.1) is 6.42 Å². The van der Waals surface area contributed by atoms with E-state index in [1.807, 2.05) is 18.2 Å². The van der Waals surface area contributed by atoms with E-state index in [0.717, 1.165) is 12.0 Å². The first-order chi connectivity index (χ1) is 12.4. The van der Waals surface area contributed by atoms with E-state index in [-0.39, 0.29) is 12.3 Å². The molecule has 1 atom stereocenters. The van der Waals surface area contributed by atoms with Gasteiger partial charge in [-0.15, -0.1) is 0 Å². The summed E-state index contributed by atoms with van der Waals surface area (Å²) in [5, 5.41) is 0.905. The second kappa shape index (κ2) is 8.11. The van der Waals surface area contributed by atoms with Crippen LogP contribution in [0, 0.1) is 0 Å². The van der Waals surface area contributed by atoms with Crippen LogP contribution in [0.2, 0.25) is 10.0 Å². The summed E-state index contributed by atoms with van der Waals surface area (Å²) in [6.07, 6.45) is -0.0294. The Hall–Kier alpha value is -2.04. The molecule has 0 spiro atoms. The zero-order valence-electron chi connectivity index (χ0n) is 14.4. The summed E-state index contributed by atoms with van der Waals surface area (Å²) in [4.78, 5) is 26.5. The number of carbonyl (C=O) groups excluding carboxylic acids is 2. The number of hydrogen-bond donors (Lipinski definition) is 0. The Bertz CT molecular complexity index is 838. The number of nitrogens with zero attached hydrogens (tertiary/aromatic N) is 1. The summed E-state index contributed by atoms with van der Waals surface area (Å²) in [6, 6.07) is 13.0. The highest BCUT2D eigenvalue weighted by Gasteiger charge is 2.27. The Balaban J connectivity index is 1.58. The predicted molar refractivity (Wildman–Crippen MR) is 101 cm³/mol. The average Bonchev–Trinajstić information content (AvgIpc) is 2.63. The minimum Gasteiger partial charge on any atom is -0.452 e. The number of carbonyl (C=O) groups is 2. The SMILES string of the molecule is C[C@@H](OC(=O)Cc1ccc(Cl)cc1Cl)C(=O)N1CCc2ccccc2C1. The van der Waals surface area contributed by atoms with Crippen molar-refractivity contribution >= 4 is 35.1 Å². The maximum absolute atomic E-state index is 12.6. The molecule has 3 rings (SSSR count). The fourth-order valence-electron chi connectivity index (χ4n) is 3.05. The molecule has 0 saturated heterocycles. The minimum absolute atomic E-state index is 0.00352. The molecule has 1 aliphatic heterocycles. The van der Waals surface area contributed by atoms with Gasteiger partial charge in [0.15, 0.2) is 6.10 Å². The van der Waals surface area contributed by atoms with Gasteiger partial charge in [-0.3, -0.25) is 9.59 Å². The Morgan fingerprint density at radius 2 is 1.88 bits per heavy atom. The molecule has 0 unspecified atom stereocenters. The van der Waals surface area contributed by atoms with Gasteiger partial charge in [0, 0.05) is 23.1 Å². The first kappa shape index (κ1) is 18.7. The summed E-state index contributed by atoms with van der Waals surface area (Å²) >= 11 is 11.9. The van der Waals surface area contributed by atoms with Crippen molar-refractivity contribution in [3.8, 4) is 0 Å². The lowest BCUT2D eigenvalue weighted by Gasteiger charge is -2.30. The van der Waals surface area contributed by atoms with Crippen LogP contribution in [0.1, 0.15) is 23.6 Å². The lowest BCUT2D eigenvalue weighted by molar-refractivity contribution is -0.159. The molecule has 0 fully saturated rings. The lowest BCUT2D eigenvalue weighted by Crippen LogP contribution is -2.42. The molecule has 1 amide bonds. The second-order valence-electron chi connectivity index (χ2n) is 6.32. The average molecular weight is 392 g/mol. The number of esters is 1. The van der Waals surface area contributed by atoms with Gasteiger partial charge in [0.1, 0.15) is 0 Å². The molecular formula is C20H19Cl2NO3. The van der Waals surface area contributed by atoms with Gasteiger partial charge < -0.3 is 9.64 Å². The Labute approximate surface area is 162 Å². The number of amides is 1. The molecule has 2 aromatic carbocycles. The van der Waals surface area contributed by atoms with E-state index in [1.165, 1.54) is 5.56 Å². The molecule has 0 N–H and O–H groups in total. The van der Waals surface area contributed by atoms with Gasteiger partial charge in [-0.05, 0) is 42.2 Å². The van der Waals surface area contributed by atoms with Crippen molar-refractivity contribution in [2.75, 3.05) is 6.54 Å². The molecular weight excluding hydrogens is 373 g/mol. The fourth-order valence-corrected chi connectivity index (χ4v) is 3.53. The largest absolute Gasteiger partial charge is 0.452 e. The number of rotatable bonds is 4. The summed E-state index contributed by atoms with van der Waals surface area (Å²) in [7, 11) is 0. The van der Waals surface area contributed by atoms with Gasteiger partial charge in [-0.1, -0.05) is 53.5 Å². The molecule has 0 radical (unpaired) electrons. The summed E-state index contributed by atoms with van der Waals surface area (Å²) in [5.41, 5.74) is 3.02. The maximum atomic E-state index is 12.6. The van der Waals surface area contributed by atoms with Crippen LogP contribution in [-0.4, -0.2) is 29.4 Å². The third kappa shape index (κ3) is 4.37. The highest BCUT2D eigenvalue weighted by atomic mass is 35.5. The van der Waals surface area contributed by atoms with Gasteiger partial charge in [0.25, 0.3) is 5.91 Å². The zero-order valence-corrected chi connectivity index (χ0v) is 15.9. The monoisotopic (exact) mass is 391 g/mol. The minimum atomic E-state index is -0.834. The van der Waals surface area contributed by atoms with Crippen LogP contribution in [0.3, 0.4) is 0 Å². The second-order valence-corrected chi connectivity index (χ2v) is 7.17. The van der Waals surface area contributed by atoms with Crippen molar-refractivity contribution < 1.29 is 14.3 Å². The molecule has 0 saturated carbocycles. The van der Waals surface area contributed by atoms with Crippen molar-refractivity contribution in [2.24, 2.45) is 0 Å². The van der Waals surface area contributed by atoms with E-state index in [1.54, 1.807) is 30.0 Å². The predicted octanol–water partition coefficient (Wildman–Crippen LogP) is 4.05. The van der Waals surface area contributed by atoms with E-state index < -0.39 is 12.1 Å². The maximum Gasteiger partial charge on any atom is 0.311 e. The van der Waals surface area contributed by atoms with Crippen molar-refractivity contribution in [3.63, 3.8) is 0 Å². The van der Waals surface area contributed by atoms with Crippen LogP contribution < -0.4 is 0 Å². The standard InChI is InChI=1S/C20H19Cl2NO3/c1-13(26-19(24)10-15-6-7-17(21)11-18(15)22)20(25)23-9-8-14-4-2-3-5-16(14)12-23/h2-7,11,13H,8-10,12H2,1H3/t13-/m1/s1. The smallest absolute Gasteiger partial charge is 0.311 e. The molecule has 136 valence electrons. The Kier molecular flexibility index (Phi) is 5.84. The normalized spacial score (nSPS) is 14.5. The van der Waals surface area contributed by atoms with E-state index in [9.17, 15) is 9.59 Å². The van der Waals surface area contributed by atoms with Crippen LogP contribution in [0.25, 0.3) is 0 Å². The highest BCUT2D eigenvalue weighted by Crippen LogP contribution is 2.22. The molecule has 2 aromatic rings. The number of hydrogen-bond acceptors (Lipinski definition) is 3. The number of halogens is 2. The Morgan fingerprint density at radius 3 is 2.62 bits per heavy atom. The fraction of sp³-hybridized carbons (Fsp3) is 0.300. The third-order valence-corrected chi connectivity index (χ3v) is 5.04. The van der Waals surface area contributed by atoms with Crippen molar-refractivity contribution in [1.82, 2.24) is 4.90 Å². The van der Waals surface area contributed by atoms with E-state index in [4.69, 9.17) is 27.9 Å². The van der Waals surface area contributed by atoms with Crippen LogP contribution in [0.5, 0.6) is 0 Å². The molecule has 0 bridgehead atoms. The topological polar surface area (TPSA) is 46.6 Å². The van der Waals surface area contributed by atoms with Crippen LogP contribution in [-0.2, 0) is 33.7 Å². The number of fused-ring (bicyclic) bond motifs is 1. The van der Waals surface area contributed by atoms with Crippen LogP contribution in [0.15, 0.2) is 42.5 Å². The quantitative estimate of drug-likeness (QED) is 0.738. The molecule has 6 heteroatoms. The van der Waals surface area contributed by atoms with E-state index >= 15 is 0 Å². The highest BCUT2D eigenvalue weighted by molar-refractivity contribution is 6.35. The van der Waals surface area contributed by atoms with E-state index in [0.29, 0.717) is 28.7 Å². The third-order valence-electron chi connectivity index (χ3n) is 4.45. The van der Waals surface area contributed by atoms with Gasteiger partial charge in [-0.25, -0.2) is 0 Å².